The number of fused-ring (bicyclic) bond motifs is 2. The maximum absolute atomic E-state index is 14.3. The van der Waals surface area contributed by atoms with Crippen LogP contribution in [0, 0.1) is 17.8 Å². The first-order valence-corrected chi connectivity index (χ1v) is 15.2. The normalized spacial score (nSPS) is 27.4. The van der Waals surface area contributed by atoms with Gasteiger partial charge in [-0.15, -0.1) is 16.9 Å². The Balaban J connectivity index is 1.29. The second-order valence-corrected chi connectivity index (χ2v) is 13.3. The van der Waals surface area contributed by atoms with Crippen molar-refractivity contribution in [3.8, 4) is 0 Å². The topological polar surface area (TPSA) is 129 Å². The number of hydrogen-bond donors (Lipinski definition) is 3. The van der Waals surface area contributed by atoms with E-state index in [2.05, 4.69) is 20.9 Å². The number of likely N-dealkylation sites (tertiary alicyclic amines) is 1. The van der Waals surface area contributed by atoms with Crippen molar-refractivity contribution >= 4 is 40.5 Å². The molecule has 11 heteroatoms. The van der Waals surface area contributed by atoms with Crippen LogP contribution >= 0.6 is 11.8 Å². The molecule has 2 unspecified atom stereocenters. The summed E-state index contributed by atoms with van der Waals surface area (Å²) in [4.78, 5) is 43.6. The number of aliphatic hydroxyl groups excluding tert-OH is 1. The minimum atomic E-state index is -0.799. The van der Waals surface area contributed by atoms with Crippen LogP contribution in [0.2, 0.25) is 0 Å². The summed E-state index contributed by atoms with van der Waals surface area (Å²) in [5, 5.41) is 24.8. The van der Waals surface area contributed by atoms with E-state index in [1.807, 2.05) is 68.4 Å². The number of nitrogens with one attached hydrogen (secondary N) is 2. The average molecular weight is 577 g/mol. The number of thioether (sulfide) groups is 1. The van der Waals surface area contributed by atoms with Gasteiger partial charge in [0.2, 0.25) is 17.7 Å². The first kappa shape index (κ1) is 27.7. The van der Waals surface area contributed by atoms with Crippen molar-refractivity contribution in [2.24, 2.45) is 17.8 Å². The van der Waals surface area contributed by atoms with E-state index in [-0.39, 0.29) is 42.2 Å². The van der Waals surface area contributed by atoms with Crippen molar-refractivity contribution in [3.05, 3.63) is 60.2 Å². The fourth-order valence-electron chi connectivity index (χ4n) is 7.09. The van der Waals surface area contributed by atoms with E-state index in [4.69, 9.17) is 0 Å². The number of aliphatic hydroxyl groups is 1. The molecule has 2 bridgehead atoms. The van der Waals surface area contributed by atoms with E-state index < -0.39 is 28.7 Å². The number of benzene rings is 2. The number of amides is 3. The maximum Gasteiger partial charge on any atom is 0.245 e. The second-order valence-electron chi connectivity index (χ2n) is 11.7. The average Bonchev–Trinajstić information content (AvgIpc) is 3.73. The molecule has 3 aliphatic heterocycles. The fraction of sp³-hybridized carbons (Fsp3) is 0.500. The molecule has 1 aromatic heterocycles. The van der Waals surface area contributed by atoms with Gasteiger partial charge in [-0.1, -0.05) is 61.5 Å². The third-order valence-corrected chi connectivity index (χ3v) is 10.7. The van der Waals surface area contributed by atoms with Gasteiger partial charge in [0.05, 0.1) is 34.7 Å². The molecular weight excluding hydrogens is 540 g/mol. The number of aromatic nitrogens is 3. The Hall–Kier alpha value is -3.44. The molecule has 3 aliphatic rings. The van der Waals surface area contributed by atoms with Crippen LogP contribution in [0.25, 0.3) is 11.0 Å². The second kappa shape index (κ2) is 11.1. The number of nitrogens with zero attached hydrogens (tertiary/aromatic N) is 4. The zero-order chi connectivity index (χ0) is 28.7. The molecule has 4 heterocycles. The van der Waals surface area contributed by atoms with E-state index in [1.54, 1.807) is 21.3 Å². The van der Waals surface area contributed by atoms with Gasteiger partial charge >= 0.3 is 0 Å². The SMILES string of the molecule is CC(C)C[C@H](CO)N1C(=O)[C@@H]2[C@@H](C(=O)NCc3ccccc3)[C@H]3CCC2(S3)C1C(=O)NCn1nnc2ccccc21. The van der Waals surface area contributed by atoms with Gasteiger partial charge in [-0.2, -0.15) is 0 Å². The van der Waals surface area contributed by atoms with Gasteiger partial charge in [0.1, 0.15) is 18.2 Å². The van der Waals surface area contributed by atoms with Crippen molar-refractivity contribution < 1.29 is 19.5 Å². The number of carbonyl (C=O) groups is 3. The molecular formula is C30H36N6O4S. The summed E-state index contributed by atoms with van der Waals surface area (Å²) in [6, 6.07) is 15.9. The number of para-hydroxylation sites is 1. The molecule has 10 nitrogen and oxygen atoms in total. The first-order valence-electron chi connectivity index (χ1n) is 14.3. The monoisotopic (exact) mass is 576 g/mol. The Labute approximate surface area is 243 Å². The molecule has 0 saturated carbocycles. The predicted octanol–water partition coefficient (Wildman–Crippen LogP) is 2.32. The van der Waals surface area contributed by atoms with Gasteiger partial charge in [0, 0.05) is 11.8 Å². The highest BCUT2D eigenvalue weighted by atomic mass is 32.2. The largest absolute Gasteiger partial charge is 0.394 e. The predicted molar refractivity (Wildman–Crippen MR) is 155 cm³/mol. The van der Waals surface area contributed by atoms with Crippen molar-refractivity contribution in [1.29, 1.82) is 0 Å². The van der Waals surface area contributed by atoms with Gasteiger partial charge in [0.25, 0.3) is 0 Å². The van der Waals surface area contributed by atoms with Gasteiger partial charge in [-0.05, 0) is 42.9 Å². The van der Waals surface area contributed by atoms with Crippen LogP contribution in [-0.4, -0.2) is 71.4 Å². The summed E-state index contributed by atoms with van der Waals surface area (Å²) in [6.07, 6.45) is 1.99. The molecule has 3 amide bonds. The lowest BCUT2D eigenvalue weighted by atomic mass is 9.70. The Morgan fingerprint density at radius 3 is 2.61 bits per heavy atom. The summed E-state index contributed by atoms with van der Waals surface area (Å²) in [6.45, 7) is 4.30. The van der Waals surface area contributed by atoms with Crippen LogP contribution < -0.4 is 10.6 Å². The smallest absolute Gasteiger partial charge is 0.245 e. The number of carbonyl (C=O) groups excluding carboxylic acids is 3. The Morgan fingerprint density at radius 1 is 1.10 bits per heavy atom. The minimum Gasteiger partial charge on any atom is -0.394 e. The minimum absolute atomic E-state index is 0.0332. The van der Waals surface area contributed by atoms with Crippen molar-refractivity contribution in [1.82, 2.24) is 30.5 Å². The van der Waals surface area contributed by atoms with Crippen molar-refractivity contribution in [2.75, 3.05) is 6.61 Å². The lowest BCUT2D eigenvalue weighted by molar-refractivity contribution is -0.143. The highest BCUT2D eigenvalue weighted by molar-refractivity contribution is 8.02. The summed E-state index contributed by atoms with van der Waals surface area (Å²) in [5.41, 5.74) is 2.51. The zero-order valence-electron chi connectivity index (χ0n) is 23.3. The number of rotatable bonds is 10. The number of hydrogen-bond acceptors (Lipinski definition) is 7. The lowest BCUT2D eigenvalue weighted by Gasteiger charge is -2.37. The molecule has 3 saturated heterocycles. The van der Waals surface area contributed by atoms with Crippen LogP contribution in [0.15, 0.2) is 54.6 Å². The molecule has 3 fully saturated rings. The maximum atomic E-state index is 14.3. The molecule has 1 spiro atoms. The highest BCUT2D eigenvalue weighted by Crippen LogP contribution is 2.66. The van der Waals surface area contributed by atoms with Gasteiger partial charge < -0.3 is 20.6 Å². The van der Waals surface area contributed by atoms with Gasteiger partial charge in [-0.25, -0.2) is 4.68 Å². The molecule has 2 aromatic carbocycles. The summed E-state index contributed by atoms with van der Waals surface area (Å²) < 4.78 is 0.898. The van der Waals surface area contributed by atoms with E-state index in [0.29, 0.717) is 19.4 Å². The van der Waals surface area contributed by atoms with Crippen LogP contribution in [0.1, 0.15) is 38.7 Å². The highest BCUT2D eigenvalue weighted by Gasteiger charge is 2.74. The van der Waals surface area contributed by atoms with Crippen molar-refractivity contribution in [2.45, 2.75) is 68.4 Å². The van der Waals surface area contributed by atoms with E-state index >= 15 is 0 Å². The molecule has 3 aromatic rings. The quantitative estimate of drug-likeness (QED) is 0.338. The lowest BCUT2D eigenvalue weighted by Crippen LogP contribution is -2.57. The third-order valence-electron chi connectivity index (χ3n) is 8.77. The molecule has 0 radical (unpaired) electrons. The van der Waals surface area contributed by atoms with E-state index in [1.165, 1.54) is 0 Å². The molecule has 6 atom stereocenters. The molecule has 41 heavy (non-hydrogen) atoms. The van der Waals surface area contributed by atoms with Gasteiger partial charge in [0.15, 0.2) is 0 Å². The Bertz CT molecular complexity index is 1450. The molecule has 6 rings (SSSR count). The molecule has 216 valence electrons. The van der Waals surface area contributed by atoms with Crippen molar-refractivity contribution in [3.63, 3.8) is 0 Å². The van der Waals surface area contributed by atoms with E-state index in [0.717, 1.165) is 23.0 Å². The van der Waals surface area contributed by atoms with Gasteiger partial charge in [-0.3, -0.25) is 14.4 Å². The third kappa shape index (κ3) is 4.78. The van der Waals surface area contributed by atoms with Crippen LogP contribution in [0.4, 0.5) is 0 Å². The van der Waals surface area contributed by atoms with E-state index in [9.17, 15) is 19.5 Å². The Morgan fingerprint density at radius 2 is 1.85 bits per heavy atom. The summed E-state index contributed by atoms with van der Waals surface area (Å²) >= 11 is 1.62. The van der Waals surface area contributed by atoms with Crippen LogP contribution in [0.3, 0.4) is 0 Å². The Kier molecular flexibility index (Phi) is 7.50. The summed E-state index contributed by atoms with van der Waals surface area (Å²) in [5.74, 6) is -1.58. The molecule has 3 N–H and O–H groups in total. The molecule has 0 aliphatic carbocycles. The summed E-state index contributed by atoms with van der Waals surface area (Å²) in [7, 11) is 0. The van der Waals surface area contributed by atoms with Crippen LogP contribution in [-0.2, 0) is 27.6 Å². The first-order chi connectivity index (χ1) is 19.8. The fourth-order valence-corrected chi connectivity index (χ4v) is 9.30. The standard InChI is InChI=1S/C30H36N6O4S/c1-18(2)14-20(16-37)36-26(28(39)32-17-35-22-11-7-6-10-21(22)33-34-35)30-13-12-23(41-30)24(25(30)29(36)40)27(38)31-15-19-8-4-3-5-9-19/h3-11,18,20,23-26,37H,12-17H2,1-2H3,(H,31,38)(H,32,39)/t20-,23-,24+,25+,26?,30?/m1/s1. The zero-order valence-corrected chi connectivity index (χ0v) is 24.1. The van der Waals surface area contributed by atoms with Crippen LogP contribution in [0.5, 0.6) is 0 Å².